The lowest BCUT2D eigenvalue weighted by Gasteiger charge is -2.07. The maximum atomic E-state index is 11.1. The molecule has 13 heavy (non-hydrogen) atoms. The van der Waals surface area contributed by atoms with E-state index in [-0.39, 0.29) is 0 Å². The summed E-state index contributed by atoms with van der Waals surface area (Å²) in [4.78, 5) is 21.5. The van der Waals surface area contributed by atoms with Crippen molar-refractivity contribution in [3.05, 3.63) is 11.8 Å². The van der Waals surface area contributed by atoms with Crippen LogP contribution in [0.15, 0.2) is 11.8 Å². The molecule has 1 atom stereocenters. The number of esters is 1. The summed E-state index contributed by atoms with van der Waals surface area (Å²) in [7, 11) is 1.29. The quantitative estimate of drug-likeness (QED) is 0.458. The average Bonchev–Trinajstić information content (AvgIpc) is 2.50. The first kappa shape index (κ1) is 9.57. The van der Waals surface area contributed by atoms with Crippen molar-refractivity contribution in [2.75, 3.05) is 13.7 Å². The third-order valence-corrected chi connectivity index (χ3v) is 1.90. The molecule has 0 spiro atoms. The van der Waals surface area contributed by atoms with Crippen LogP contribution in [-0.2, 0) is 14.3 Å². The zero-order valence-corrected chi connectivity index (χ0v) is 7.24. The van der Waals surface area contributed by atoms with Gasteiger partial charge in [0.2, 0.25) is 0 Å². The Bertz CT molecular complexity index is 259. The molecule has 0 aromatic rings. The number of methoxy groups -OCH3 is 1. The van der Waals surface area contributed by atoms with Gasteiger partial charge in [-0.3, -0.25) is 4.79 Å². The first-order valence-electron chi connectivity index (χ1n) is 3.91. The Balaban J connectivity index is 2.75. The summed E-state index contributed by atoms with van der Waals surface area (Å²) in [5, 5.41) is 11.3. The third-order valence-electron chi connectivity index (χ3n) is 1.90. The zero-order chi connectivity index (χ0) is 9.84. The Morgan fingerprint density at radius 1 is 1.69 bits per heavy atom. The van der Waals surface area contributed by atoms with Crippen molar-refractivity contribution in [2.24, 2.45) is 5.92 Å². The van der Waals surface area contributed by atoms with E-state index in [4.69, 9.17) is 5.11 Å². The van der Waals surface area contributed by atoms with Gasteiger partial charge in [-0.05, 0) is 6.42 Å². The lowest BCUT2D eigenvalue weighted by molar-refractivity contribution is -0.143. The third kappa shape index (κ3) is 2.21. The molecule has 2 N–H and O–H groups in total. The van der Waals surface area contributed by atoms with Gasteiger partial charge in [-0.2, -0.15) is 0 Å². The number of rotatable bonds is 2. The number of hydrogen-bond donors (Lipinski definition) is 2. The maximum Gasteiger partial charge on any atom is 0.330 e. The van der Waals surface area contributed by atoms with Gasteiger partial charge in [-0.15, -0.1) is 0 Å². The van der Waals surface area contributed by atoms with Crippen LogP contribution >= 0.6 is 0 Å². The van der Waals surface area contributed by atoms with Gasteiger partial charge in [0.05, 0.1) is 13.0 Å². The molecule has 1 aliphatic rings. The molecule has 1 aliphatic heterocycles. The van der Waals surface area contributed by atoms with E-state index in [0.29, 0.717) is 18.7 Å². The second kappa shape index (κ2) is 3.93. The van der Waals surface area contributed by atoms with Gasteiger partial charge in [0.1, 0.15) is 0 Å². The van der Waals surface area contributed by atoms with E-state index in [1.165, 1.54) is 7.11 Å². The normalized spacial score (nSPS) is 24.1. The number of carbonyl (C=O) groups is 2. The highest BCUT2D eigenvalue weighted by Gasteiger charge is 2.28. The van der Waals surface area contributed by atoms with Crippen LogP contribution in [0.1, 0.15) is 6.42 Å². The molecule has 1 unspecified atom stereocenters. The van der Waals surface area contributed by atoms with Crippen LogP contribution in [0.4, 0.5) is 0 Å². The van der Waals surface area contributed by atoms with E-state index >= 15 is 0 Å². The molecule has 1 rings (SSSR count). The van der Waals surface area contributed by atoms with Crippen LogP contribution in [0.5, 0.6) is 0 Å². The minimum atomic E-state index is -1.06. The fraction of sp³-hybridized carbons (Fsp3) is 0.500. The Morgan fingerprint density at radius 2 is 2.38 bits per heavy atom. The van der Waals surface area contributed by atoms with Crippen molar-refractivity contribution in [1.29, 1.82) is 0 Å². The molecular weight excluding hydrogens is 174 g/mol. The van der Waals surface area contributed by atoms with E-state index in [0.717, 1.165) is 6.08 Å². The number of carboxylic acids is 1. The minimum absolute atomic E-state index is 0.391. The summed E-state index contributed by atoms with van der Waals surface area (Å²) >= 11 is 0. The van der Waals surface area contributed by atoms with Gasteiger partial charge in [-0.25, -0.2) is 4.79 Å². The Labute approximate surface area is 75.4 Å². The fourth-order valence-corrected chi connectivity index (χ4v) is 1.31. The molecule has 1 fully saturated rings. The van der Waals surface area contributed by atoms with E-state index in [9.17, 15) is 9.59 Å². The second-order valence-corrected chi connectivity index (χ2v) is 2.73. The lowest BCUT2D eigenvalue weighted by atomic mass is 10.1. The van der Waals surface area contributed by atoms with Crippen LogP contribution in [0.3, 0.4) is 0 Å². The number of aliphatic carboxylic acids is 1. The molecule has 0 saturated carbocycles. The predicted molar refractivity (Wildman–Crippen MR) is 43.8 cm³/mol. The Morgan fingerprint density at radius 3 is 2.92 bits per heavy atom. The van der Waals surface area contributed by atoms with Gasteiger partial charge in [0.25, 0.3) is 0 Å². The zero-order valence-electron chi connectivity index (χ0n) is 7.24. The maximum absolute atomic E-state index is 11.1. The van der Waals surface area contributed by atoms with Gasteiger partial charge in [0, 0.05) is 18.3 Å². The molecule has 0 aromatic heterocycles. The summed E-state index contributed by atoms with van der Waals surface area (Å²) in [6.07, 6.45) is 1.60. The second-order valence-electron chi connectivity index (χ2n) is 2.73. The smallest absolute Gasteiger partial charge is 0.330 e. The van der Waals surface area contributed by atoms with Crippen LogP contribution in [0.25, 0.3) is 0 Å². The SMILES string of the molecule is COC(=O)C1CCN/C1=C\C(=O)O. The molecule has 0 bridgehead atoms. The van der Waals surface area contributed by atoms with Crippen LogP contribution in [0, 0.1) is 5.92 Å². The van der Waals surface area contributed by atoms with Crippen molar-refractivity contribution in [2.45, 2.75) is 6.42 Å². The highest BCUT2D eigenvalue weighted by molar-refractivity contribution is 5.84. The average molecular weight is 185 g/mol. The monoisotopic (exact) mass is 185 g/mol. The molecule has 5 heteroatoms. The van der Waals surface area contributed by atoms with Crippen molar-refractivity contribution in [3.63, 3.8) is 0 Å². The highest BCUT2D eigenvalue weighted by atomic mass is 16.5. The number of nitrogens with one attached hydrogen (secondary N) is 1. The number of carboxylic acid groups (broad SMARTS) is 1. The van der Waals surface area contributed by atoms with Crippen LogP contribution < -0.4 is 5.32 Å². The highest BCUT2D eigenvalue weighted by Crippen LogP contribution is 2.19. The molecule has 5 nitrogen and oxygen atoms in total. The van der Waals surface area contributed by atoms with E-state index in [2.05, 4.69) is 10.1 Å². The Kier molecular flexibility index (Phi) is 2.89. The first-order chi connectivity index (χ1) is 6.15. The predicted octanol–water partition coefficient (Wildman–Crippen LogP) is -0.263. The lowest BCUT2D eigenvalue weighted by Crippen LogP contribution is -2.18. The molecule has 0 aliphatic carbocycles. The van der Waals surface area contributed by atoms with Gasteiger partial charge in [-0.1, -0.05) is 0 Å². The molecule has 0 aromatic carbocycles. The van der Waals surface area contributed by atoms with Gasteiger partial charge >= 0.3 is 11.9 Å². The van der Waals surface area contributed by atoms with Crippen molar-refractivity contribution in [3.8, 4) is 0 Å². The molecular formula is C8H11NO4. The Hall–Kier alpha value is -1.52. The largest absolute Gasteiger partial charge is 0.478 e. The van der Waals surface area contributed by atoms with E-state index in [1.54, 1.807) is 0 Å². The molecule has 0 amide bonds. The van der Waals surface area contributed by atoms with Gasteiger partial charge < -0.3 is 15.2 Å². The number of ether oxygens (including phenoxy) is 1. The summed E-state index contributed by atoms with van der Waals surface area (Å²) < 4.78 is 4.53. The molecule has 1 heterocycles. The van der Waals surface area contributed by atoms with Gasteiger partial charge in [0.15, 0.2) is 0 Å². The first-order valence-corrected chi connectivity index (χ1v) is 3.91. The summed E-state index contributed by atoms with van der Waals surface area (Å²) in [5.74, 6) is -1.89. The minimum Gasteiger partial charge on any atom is -0.478 e. The van der Waals surface area contributed by atoms with Crippen LogP contribution in [0.2, 0.25) is 0 Å². The molecule has 0 radical (unpaired) electrons. The summed E-state index contributed by atoms with van der Waals surface area (Å²) in [5.41, 5.74) is 0.430. The fourth-order valence-electron chi connectivity index (χ4n) is 1.31. The molecule has 72 valence electrons. The van der Waals surface area contributed by atoms with Crippen molar-refractivity contribution < 1.29 is 19.4 Å². The topological polar surface area (TPSA) is 75.6 Å². The van der Waals surface area contributed by atoms with Crippen molar-refractivity contribution in [1.82, 2.24) is 5.32 Å². The standard InChI is InChI=1S/C8H11NO4/c1-13-8(12)5-2-3-9-6(5)4-7(10)11/h4-5,9H,2-3H2,1H3,(H,10,11)/b6-4-. The van der Waals surface area contributed by atoms with E-state index in [1.807, 2.05) is 0 Å². The summed E-state index contributed by atoms with van der Waals surface area (Å²) in [6, 6.07) is 0. The van der Waals surface area contributed by atoms with Crippen molar-refractivity contribution >= 4 is 11.9 Å². The number of hydrogen-bond acceptors (Lipinski definition) is 4. The summed E-state index contributed by atoms with van der Waals surface area (Å²) in [6.45, 7) is 0.610. The molecule has 1 saturated heterocycles. The van der Waals surface area contributed by atoms with Crippen LogP contribution in [-0.4, -0.2) is 30.7 Å². The number of carbonyl (C=O) groups excluding carboxylic acids is 1. The van der Waals surface area contributed by atoms with E-state index < -0.39 is 17.9 Å².